The number of thiophene rings is 1. The van der Waals surface area contributed by atoms with Gasteiger partial charge in [-0.15, -0.1) is 11.3 Å². The molecule has 1 saturated heterocycles. The van der Waals surface area contributed by atoms with Crippen LogP contribution in [0.3, 0.4) is 0 Å². The van der Waals surface area contributed by atoms with Gasteiger partial charge in [-0.2, -0.15) is 5.10 Å². The Morgan fingerprint density at radius 3 is 3.05 bits per heavy atom. The second-order valence-electron chi connectivity index (χ2n) is 4.64. The summed E-state index contributed by atoms with van der Waals surface area (Å²) in [4.78, 5) is 15.8. The minimum absolute atomic E-state index is 0.0269. The molecule has 100 valence electrons. The topological polar surface area (TPSA) is 38.1 Å². The van der Waals surface area contributed by atoms with E-state index in [1.807, 2.05) is 16.3 Å². The summed E-state index contributed by atoms with van der Waals surface area (Å²) < 4.78 is 1.55. The van der Waals surface area contributed by atoms with Crippen LogP contribution in [0.2, 0.25) is 5.02 Å². The molecule has 1 atom stereocenters. The number of likely N-dealkylation sites (tertiary alicyclic amines) is 1. The molecule has 0 spiro atoms. The van der Waals surface area contributed by atoms with Gasteiger partial charge in [-0.25, -0.2) is 0 Å². The SMILES string of the molecule is Cn1ncc(Cl)c1C(=O)N1CCC[C@@H]1c1cccs1. The molecular weight excluding hydrogens is 282 g/mol. The zero-order chi connectivity index (χ0) is 13.4. The fraction of sp³-hybridized carbons (Fsp3) is 0.385. The first-order chi connectivity index (χ1) is 9.18. The maximum atomic E-state index is 12.6. The molecule has 1 fully saturated rings. The van der Waals surface area contributed by atoms with Crippen LogP contribution in [0.4, 0.5) is 0 Å². The second-order valence-corrected chi connectivity index (χ2v) is 6.02. The normalized spacial score (nSPS) is 19.1. The number of halogens is 1. The smallest absolute Gasteiger partial charge is 0.274 e. The maximum absolute atomic E-state index is 12.6. The van der Waals surface area contributed by atoms with E-state index in [2.05, 4.69) is 11.2 Å². The lowest BCUT2D eigenvalue weighted by molar-refractivity contribution is 0.0727. The Kier molecular flexibility index (Phi) is 3.33. The summed E-state index contributed by atoms with van der Waals surface area (Å²) in [6, 6.07) is 4.29. The van der Waals surface area contributed by atoms with Gasteiger partial charge in [-0.1, -0.05) is 17.7 Å². The number of aryl methyl sites for hydroxylation is 1. The van der Waals surface area contributed by atoms with E-state index in [1.165, 1.54) is 11.1 Å². The number of aromatic nitrogens is 2. The third-order valence-corrected chi connectivity index (χ3v) is 4.73. The molecule has 1 amide bonds. The second kappa shape index (κ2) is 4.98. The molecule has 0 aromatic carbocycles. The van der Waals surface area contributed by atoms with Crippen molar-refractivity contribution in [2.45, 2.75) is 18.9 Å². The fourth-order valence-electron chi connectivity index (χ4n) is 2.57. The van der Waals surface area contributed by atoms with Gasteiger partial charge in [0.05, 0.1) is 17.3 Å². The van der Waals surface area contributed by atoms with Gasteiger partial charge in [-0.05, 0) is 24.3 Å². The molecule has 1 aliphatic heterocycles. The average molecular weight is 296 g/mol. The number of carbonyl (C=O) groups excluding carboxylic acids is 1. The number of hydrogen-bond acceptors (Lipinski definition) is 3. The number of nitrogens with zero attached hydrogens (tertiary/aromatic N) is 3. The first-order valence-electron chi connectivity index (χ1n) is 6.20. The number of hydrogen-bond donors (Lipinski definition) is 0. The predicted molar refractivity (Wildman–Crippen MR) is 75.5 cm³/mol. The highest BCUT2D eigenvalue weighted by atomic mass is 35.5. The van der Waals surface area contributed by atoms with Crippen molar-refractivity contribution in [1.29, 1.82) is 0 Å². The summed E-state index contributed by atoms with van der Waals surface area (Å²) in [7, 11) is 1.75. The minimum atomic E-state index is -0.0269. The Bertz CT molecular complexity index is 574. The van der Waals surface area contributed by atoms with Crippen molar-refractivity contribution >= 4 is 28.8 Å². The van der Waals surface area contributed by atoms with Crippen LogP contribution < -0.4 is 0 Å². The molecule has 0 N–H and O–H groups in total. The number of rotatable bonds is 2. The van der Waals surface area contributed by atoms with Crippen molar-refractivity contribution < 1.29 is 4.79 Å². The summed E-state index contributed by atoms with van der Waals surface area (Å²) in [5.74, 6) is -0.0269. The van der Waals surface area contributed by atoms with Crippen molar-refractivity contribution in [2.75, 3.05) is 6.54 Å². The summed E-state index contributed by atoms with van der Waals surface area (Å²) >= 11 is 7.76. The third-order valence-electron chi connectivity index (χ3n) is 3.48. The van der Waals surface area contributed by atoms with E-state index in [9.17, 15) is 4.79 Å². The fourth-order valence-corrected chi connectivity index (χ4v) is 3.69. The molecule has 3 heterocycles. The molecule has 2 aromatic rings. The minimum Gasteiger partial charge on any atom is -0.329 e. The van der Waals surface area contributed by atoms with Gasteiger partial charge in [0, 0.05) is 18.5 Å². The molecule has 2 aromatic heterocycles. The number of carbonyl (C=O) groups is 1. The molecule has 19 heavy (non-hydrogen) atoms. The quantitative estimate of drug-likeness (QED) is 0.854. The lowest BCUT2D eigenvalue weighted by Crippen LogP contribution is -2.31. The van der Waals surface area contributed by atoms with Crippen LogP contribution in [0.25, 0.3) is 0 Å². The van der Waals surface area contributed by atoms with E-state index < -0.39 is 0 Å². The van der Waals surface area contributed by atoms with E-state index in [-0.39, 0.29) is 11.9 Å². The van der Waals surface area contributed by atoms with E-state index in [0.717, 1.165) is 19.4 Å². The van der Waals surface area contributed by atoms with Gasteiger partial charge >= 0.3 is 0 Å². The van der Waals surface area contributed by atoms with Crippen molar-refractivity contribution in [3.05, 3.63) is 39.3 Å². The molecule has 4 nitrogen and oxygen atoms in total. The van der Waals surface area contributed by atoms with Crippen molar-refractivity contribution in [3.8, 4) is 0 Å². The van der Waals surface area contributed by atoms with Crippen molar-refractivity contribution in [2.24, 2.45) is 7.05 Å². The number of amides is 1. The van der Waals surface area contributed by atoms with Gasteiger partial charge in [-0.3, -0.25) is 9.48 Å². The average Bonchev–Trinajstić information content (AvgIpc) is 3.08. The Morgan fingerprint density at radius 1 is 1.58 bits per heavy atom. The van der Waals surface area contributed by atoms with Crippen LogP contribution in [0.1, 0.15) is 34.2 Å². The van der Waals surface area contributed by atoms with Crippen LogP contribution in [-0.4, -0.2) is 27.1 Å². The summed E-state index contributed by atoms with van der Waals surface area (Å²) in [6.07, 6.45) is 3.57. The third kappa shape index (κ3) is 2.17. The highest BCUT2D eigenvalue weighted by Crippen LogP contribution is 2.36. The van der Waals surface area contributed by atoms with Crippen LogP contribution in [0, 0.1) is 0 Å². The van der Waals surface area contributed by atoms with Gasteiger partial charge in [0.1, 0.15) is 5.69 Å². The molecule has 0 saturated carbocycles. The summed E-state index contributed by atoms with van der Waals surface area (Å²) in [5, 5.41) is 6.51. The zero-order valence-corrected chi connectivity index (χ0v) is 12.1. The molecule has 3 rings (SSSR count). The van der Waals surface area contributed by atoms with Gasteiger partial charge in [0.2, 0.25) is 0 Å². The van der Waals surface area contributed by atoms with E-state index in [1.54, 1.807) is 23.1 Å². The zero-order valence-electron chi connectivity index (χ0n) is 10.5. The van der Waals surface area contributed by atoms with E-state index in [0.29, 0.717) is 10.7 Å². The monoisotopic (exact) mass is 295 g/mol. The molecule has 0 unspecified atom stereocenters. The summed E-state index contributed by atoms with van der Waals surface area (Å²) in [6.45, 7) is 0.781. The van der Waals surface area contributed by atoms with E-state index in [4.69, 9.17) is 11.6 Å². The summed E-state index contributed by atoms with van der Waals surface area (Å²) in [5.41, 5.74) is 0.477. The maximum Gasteiger partial charge on any atom is 0.274 e. The predicted octanol–water partition coefficient (Wildman–Crippen LogP) is 3.11. The van der Waals surface area contributed by atoms with Crippen LogP contribution in [0.15, 0.2) is 23.7 Å². The Morgan fingerprint density at radius 2 is 2.42 bits per heavy atom. The van der Waals surface area contributed by atoms with Crippen LogP contribution >= 0.6 is 22.9 Å². The Balaban J connectivity index is 1.91. The highest BCUT2D eigenvalue weighted by molar-refractivity contribution is 7.10. The highest BCUT2D eigenvalue weighted by Gasteiger charge is 2.33. The first kappa shape index (κ1) is 12.7. The lowest BCUT2D eigenvalue weighted by Gasteiger charge is -2.24. The van der Waals surface area contributed by atoms with Gasteiger partial charge in [0.25, 0.3) is 5.91 Å². The molecule has 1 aliphatic rings. The standard InChI is InChI=1S/C13H14ClN3OS/c1-16-12(9(14)8-15-16)13(18)17-6-2-4-10(17)11-5-3-7-19-11/h3,5,7-8,10H,2,4,6H2,1H3/t10-/m1/s1. The van der Waals surface area contributed by atoms with Crippen molar-refractivity contribution in [3.63, 3.8) is 0 Å². The molecule has 0 radical (unpaired) electrons. The van der Waals surface area contributed by atoms with Gasteiger partial charge in [0.15, 0.2) is 0 Å². The lowest BCUT2D eigenvalue weighted by atomic mass is 10.2. The van der Waals surface area contributed by atoms with Gasteiger partial charge < -0.3 is 4.90 Å². The molecular formula is C13H14ClN3OS. The largest absolute Gasteiger partial charge is 0.329 e. The van der Waals surface area contributed by atoms with Crippen LogP contribution in [0.5, 0.6) is 0 Å². The van der Waals surface area contributed by atoms with E-state index >= 15 is 0 Å². The van der Waals surface area contributed by atoms with Crippen LogP contribution in [-0.2, 0) is 7.05 Å². The molecule has 0 aliphatic carbocycles. The first-order valence-corrected chi connectivity index (χ1v) is 7.46. The molecule has 6 heteroatoms. The Hall–Kier alpha value is -1.33. The molecule has 0 bridgehead atoms. The Labute approximate surface area is 120 Å². The van der Waals surface area contributed by atoms with Crippen molar-refractivity contribution in [1.82, 2.24) is 14.7 Å².